The summed E-state index contributed by atoms with van der Waals surface area (Å²) >= 11 is 0. The molecule has 0 atom stereocenters. The van der Waals surface area contributed by atoms with Crippen molar-refractivity contribution >= 4 is 34.3 Å². The van der Waals surface area contributed by atoms with Gasteiger partial charge in [0.2, 0.25) is 0 Å². The third-order valence-corrected chi connectivity index (χ3v) is 4.36. The smallest absolute Gasteiger partial charge is 0.338 e. The van der Waals surface area contributed by atoms with E-state index in [1.165, 1.54) is 18.2 Å². The number of para-hydroxylation sites is 1. The van der Waals surface area contributed by atoms with Crippen LogP contribution in [-0.2, 0) is 9.53 Å². The lowest BCUT2D eigenvalue weighted by Crippen LogP contribution is -2.22. The zero-order valence-corrected chi connectivity index (χ0v) is 16.1. The first kappa shape index (κ1) is 19.9. The molecule has 0 saturated carbocycles. The molecular formula is C20H18N4O5. The van der Waals surface area contributed by atoms with Crippen LogP contribution in [-0.4, -0.2) is 33.4 Å². The number of nitrogens with one attached hydrogen (secondary N) is 1. The number of carbonyl (C=O) groups excluding carboxylic acids is 2. The molecule has 9 heteroatoms. The summed E-state index contributed by atoms with van der Waals surface area (Å²) in [5.74, 6) is -1.39. The summed E-state index contributed by atoms with van der Waals surface area (Å²) < 4.78 is 5.04. The second kappa shape index (κ2) is 8.01. The van der Waals surface area contributed by atoms with Crippen LogP contribution in [0.25, 0.3) is 11.0 Å². The van der Waals surface area contributed by atoms with Gasteiger partial charge in [-0.05, 0) is 44.5 Å². The van der Waals surface area contributed by atoms with Gasteiger partial charge >= 0.3 is 5.97 Å². The van der Waals surface area contributed by atoms with Crippen LogP contribution in [0, 0.1) is 30.9 Å². The molecule has 1 heterocycles. The number of esters is 1. The predicted octanol–water partition coefficient (Wildman–Crippen LogP) is 3.26. The van der Waals surface area contributed by atoms with Gasteiger partial charge < -0.3 is 10.1 Å². The first-order chi connectivity index (χ1) is 13.8. The van der Waals surface area contributed by atoms with Crippen LogP contribution in [0.4, 0.5) is 11.4 Å². The van der Waals surface area contributed by atoms with Crippen LogP contribution in [0.1, 0.15) is 27.3 Å². The standard InChI is InChI=1S/C20H18N4O5/c1-11-5-4-6-17(24(27)28)19(11)23-18(25)10-29-20(26)14-7-8-15-16(9-14)22-13(3)12(2)21-15/h4-9H,10H2,1-3H3,(H,23,25). The predicted molar refractivity (Wildman–Crippen MR) is 106 cm³/mol. The highest BCUT2D eigenvalue weighted by molar-refractivity contribution is 5.98. The van der Waals surface area contributed by atoms with Gasteiger partial charge in [-0.15, -0.1) is 0 Å². The third kappa shape index (κ3) is 4.34. The van der Waals surface area contributed by atoms with Gasteiger partial charge in [-0.1, -0.05) is 12.1 Å². The minimum atomic E-state index is -0.707. The summed E-state index contributed by atoms with van der Waals surface area (Å²) in [5.41, 5.74) is 3.34. The molecule has 0 saturated heterocycles. The van der Waals surface area contributed by atoms with Crippen LogP contribution in [0.3, 0.4) is 0 Å². The lowest BCUT2D eigenvalue weighted by atomic mass is 10.1. The highest BCUT2D eigenvalue weighted by atomic mass is 16.6. The van der Waals surface area contributed by atoms with Gasteiger partial charge in [0, 0.05) is 6.07 Å². The van der Waals surface area contributed by atoms with Gasteiger partial charge in [-0.2, -0.15) is 0 Å². The molecule has 3 aromatic rings. The lowest BCUT2D eigenvalue weighted by Gasteiger charge is -2.10. The molecule has 0 fully saturated rings. The van der Waals surface area contributed by atoms with Crippen molar-refractivity contribution in [3.05, 3.63) is 69.0 Å². The average molecular weight is 394 g/mol. The zero-order valence-electron chi connectivity index (χ0n) is 16.1. The number of carbonyl (C=O) groups is 2. The van der Waals surface area contributed by atoms with Crippen molar-refractivity contribution in [2.45, 2.75) is 20.8 Å². The quantitative estimate of drug-likeness (QED) is 0.400. The van der Waals surface area contributed by atoms with Crippen LogP contribution in [0.15, 0.2) is 36.4 Å². The summed E-state index contributed by atoms with van der Waals surface area (Å²) in [5, 5.41) is 13.5. The Morgan fingerprint density at radius 3 is 2.45 bits per heavy atom. The molecule has 0 bridgehead atoms. The number of amides is 1. The van der Waals surface area contributed by atoms with Crippen molar-refractivity contribution in [3.63, 3.8) is 0 Å². The molecule has 3 rings (SSSR count). The Bertz CT molecular complexity index is 1140. The third-order valence-electron chi connectivity index (χ3n) is 4.36. The second-order valence-electron chi connectivity index (χ2n) is 6.45. The highest BCUT2D eigenvalue weighted by Gasteiger charge is 2.19. The van der Waals surface area contributed by atoms with E-state index < -0.39 is 23.4 Å². The van der Waals surface area contributed by atoms with Crippen LogP contribution in [0.2, 0.25) is 0 Å². The number of fused-ring (bicyclic) bond motifs is 1. The normalized spacial score (nSPS) is 10.6. The van der Waals surface area contributed by atoms with Gasteiger partial charge in [-0.25, -0.2) is 14.8 Å². The molecule has 0 radical (unpaired) electrons. The Hall–Kier alpha value is -3.88. The number of ether oxygens (including phenoxy) is 1. The molecule has 9 nitrogen and oxygen atoms in total. The van der Waals surface area contributed by atoms with Gasteiger partial charge in [0.1, 0.15) is 5.69 Å². The number of rotatable bonds is 5. The average Bonchev–Trinajstić information content (AvgIpc) is 2.68. The largest absolute Gasteiger partial charge is 0.452 e. The van der Waals surface area contributed by atoms with E-state index in [2.05, 4.69) is 15.3 Å². The molecular weight excluding hydrogens is 376 g/mol. The molecule has 148 valence electrons. The van der Waals surface area contributed by atoms with Crippen molar-refractivity contribution in [2.75, 3.05) is 11.9 Å². The molecule has 1 aromatic heterocycles. The summed E-state index contributed by atoms with van der Waals surface area (Å²) in [6, 6.07) is 9.18. The summed E-state index contributed by atoms with van der Waals surface area (Å²) in [7, 11) is 0. The van der Waals surface area contributed by atoms with Crippen LogP contribution in [0.5, 0.6) is 0 Å². The second-order valence-corrected chi connectivity index (χ2v) is 6.45. The summed E-state index contributed by atoms with van der Waals surface area (Å²) in [6.07, 6.45) is 0. The van der Waals surface area contributed by atoms with Crippen molar-refractivity contribution in [2.24, 2.45) is 0 Å². The number of anilines is 1. The van der Waals surface area contributed by atoms with Gasteiger partial charge in [0.15, 0.2) is 6.61 Å². The molecule has 0 aliphatic rings. The van der Waals surface area contributed by atoms with Gasteiger partial charge in [0.05, 0.1) is 32.9 Å². The fourth-order valence-corrected chi connectivity index (χ4v) is 2.71. The first-order valence-corrected chi connectivity index (χ1v) is 8.72. The number of hydrogen-bond acceptors (Lipinski definition) is 7. The van der Waals surface area contributed by atoms with E-state index in [-0.39, 0.29) is 16.9 Å². The topological polar surface area (TPSA) is 124 Å². The minimum Gasteiger partial charge on any atom is -0.452 e. The Balaban J connectivity index is 1.70. The summed E-state index contributed by atoms with van der Waals surface area (Å²) in [6.45, 7) is 4.72. The number of nitrogens with zero attached hydrogens (tertiary/aromatic N) is 3. The number of aromatic nitrogens is 2. The van der Waals surface area contributed by atoms with Crippen molar-refractivity contribution in [1.29, 1.82) is 0 Å². The SMILES string of the molecule is Cc1cccc([N+](=O)[O-])c1NC(=O)COC(=O)c1ccc2nc(C)c(C)nc2c1. The lowest BCUT2D eigenvalue weighted by molar-refractivity contribution is -0.384. The Kier molecular flexibility index (Phi) is 5.49. The fourth-order valence-electron chi connectivity index (χ4n) is 2.71. The van der Waals surface area contributed by atoms with Crippen molar-refractivity contribution in [1.82, 2.24) is 9.97 Å². The number of aryl methyl sites for hydroxylation is 3. The van der Waals surface area contributed by atoms with Gasteiger partial charge in [0.25, 0.3) is 11.6 Å². The first-order valence-electron chi connectivity index (χ1n) is 8.72. The zero-order chi connectivity index (χ0) is 21.1. The molecule has 29 heavy (non-hydrogen) atoms. The summed E-state index contributed by atoms with van der Waals surface area (Å²) in [4.78, 5) is 43.7. The van der Waals surface area contributed by atoms with Crippen molar-refractivity contribution < 1.29 is 19.2 Å². The van der Waals surface area contributed by atoms with E-state index in [9.17, 15) is 19.7 Å². The van der Waals surface area contributed by atoms with E-state index in [1.54, 1.807) is 25.1 Å². The van der Waals surface area contributed by atoms with E-state index in [0.29, 0.717) is 16.6 Å². The molecule has 2 aromatic carbocycles. The maximum atomic E-state index is 12.3. The van der Waals surface area contributed by atoms with E-state index >= 15 is 0 Å². The number of hydrogen-bond donors (Lipinski definition) is 1. The van der Waals surface area contributed by atoms with E-state index in [1.807, 2.05) is 13.8 Å². The molecule has 1 amide bonds. The van der Waals surface area contributed by atoms with Gasteiger partial charge in [-0.3, -0.25) is 14.9 Å². The molecule has 0 unspecified atom stereocenters. The van der Waals surface area contributed by atoms with E-state index in [4.69, 9.17) is 4.74 Å². The van der Waals surface area contributed by atoms with Crippen LogP contribution >= 0.6 is 0 Å². The van der Waals surface area contributed by atoms with Crippen molar-refractivity contribution in [3.8, 4) is 0 Å². The number of nitro benzene ring substituents is 1. The van der Waals surface area contributed by atoms with E-state index in [0.717, 1.165) is 11.4 Å². The molecule has 0 spiro atoms. The molecule has 1 N–H and O–H groups in total. The molecule has 0 aliphatic carbocycles. The monoisotopic (exact) mass is 394 g/mol. The Morgan fingerprint density at radius 2 is 1.76 bits per heavy atom. The highest BCUT2D eigenvalue weighted by Crippen LogP contribution is 2.27. The Labute approximate surface area is 165 Å². The number of benzene rings is 2. The maximum absolute atomic E-state index is 12.3. The molecule has 0 aliphatic heterocycles. The fraction of sp³-hybridized carbons (Fsp3) is 0.200. The number of nitro groups is 1. The maximum Gasteiger partial charge on any atom is 0.338 e. The Morgan fingerprint density at radius 1 is 1.07 bits per heavy atom. The van der Waals surface area contributed by atoms with Crippen LogP contribution < -0.4 is 5.32 Å². The minimum absolute atomic E-state index is 0.0744.